The van der Waals surface area contributed by atoms with E-state index in [1.807, 2.05) is 0 Å². The minimum absolute atomic E-state index is 0.000979. The third kappa shape index (κ3) is 5.35. The van der Waals surface area contributed by atoms with Crippen molar-refractivity contribution in [3.63, 3.8) is 0 Å². The molecule has 0 unspecified atom stereocenters. The monoisotopic (exact) mass is 465 g/mol. The Balaban J connectivity index is 1.80. The summed E-state index contributed by atoms with van der Waals surface area (Å²) >= 11 is 11.9. The van der Waals surface area contributed by atoms with Gasteiger partial charge in [0.05, 0.1) is 17.8 Å². The lowest BCUT2D eigenvalue weighted by molar-refractivity contribution is 0.262. The molecule has 0 saturated heterocycles. The number of methoxy groups -OCH3 is 1. The summed E-state index contributed by atoms with van der Waals surface area (Å²) in [7, 11) is -2.61. The number of rotatable bonds is 6. The smallest absolute Gasteiger partial charge is 0.323 e. The molecule has 0 heterocycles. The van der Waals surface area contributed by atoms with Crippen LogP contribution in [-0.4, -0.2) is 21.6 Å². The van der Waals surface area contributed by atoms with Gasteiger partial charge in [0.1, 0.15) is 10.6 Å². The molecule has 0 atom stereocenters. The summed E-state index contributed by atoms with van der Waals surface area (Å²) in [6.45, 7) is 0. The van der Waals surface area contributed by atoms with E-state index < -0.39 is 16.1 Å². The van der Waals surface area contributed by atoms with Gasteiger partial charge in [0.25, 0.3) is 10.0 Å². The van der Waals surface area contributed by atoms with Gasteiger partial charge in [-0.15, -0.1) is 0 Å². The van der Waals surface area contributed by atoms with E-state index in [-0.39, 0.29) is 21.3 Å². The molecular formula is C20H17Cl2N3O4S. The van der Waals surface area contributed by atoms with E-state index in [9.17, 15) is 13.2 Å². The molecule has 3 aromatic rings. The van der Waals surface area contributed by atoms with E-state index in [1.165, 1.54) is 25.3 Å². The summed E-state index contributed by atoms with van der Waals surface area (Å²) in [5.74, 6) is 0.355. The number of urea groups is 1. The maximum absolute atomic E-state index is 12.9. The van der Waals surface area contributed by atoms with E-state index in [1.54, 1.807) is 48.5 Å². The SMILES string of the molecule is COc1ccccc1NS(=O)(=O)c1cc(NC(=O)Nc2ccc(Cl)cc2)ccc1Cl. The highest BCUT2D eigenvalue weighted by molar-refractivity contribution is 7.92. The molecule has 3 aromatic carbocycles. The average Bonchev–Trinajstić information content (AvgIpc) is 2.71. The van der Waals surface area contributed by atoms with Crippen LogP contribution in [0.3, 0.4) is 0 Å². The number of sulfonamides is 1. The van der Waals surface area contributed by atoms with Crippen molar-refractivity contribution in [2.45, 2.75) is 4.90 Å². The van der Waals surface area contributed by atoms with Crippen LogP contribution in [0.2, 0.25) is 10.0 Å². The van der Waals surface area contributed by atoms with Crippen LogP contribution >= 0.6 is 23.2 Å². The normalized spacial score (nSPS) is 10.9. The summed E-state index contributed by atoms with van der Waals surface area (Å²) in [5, 5.41) is 5.73. The molecule has 0 fully saturated rings. The molecule has 3 N–H and O–H groups in total. The van der Waals surface area contributed by atoms with Crippen LogP contribution in [0.25, 0.3) is 0 Å². The Bertz CT molecular complexity index is 1170. The van der Waals surface area contributed by atoms with E-state index in [0.717, 1.165) is 0 Å². The van der Waals surface area contributed by atoms with Gasteiger partial charge in [-0.2, -0.15) is 0 Å². The third-order valence-electron chi connectivity index (χ3n) is 3.93. The first-order chi connectivity index (χ1) is 14.3. The molecule has 0 aliphatic heterocycles. The summed E-state index contributed by atoms with van der Waals surface area (Å²) in [5.41, 5.74) is 1.03. The molecule has 3 rings (SSSR count). The van der Waals surface area contributed by atoms with Crippen LogP contribution in [0.5, 0.6) is 5.75 Å². The van der Waals surface area contributed by atoms with Crippen LogP contribution in [0.15, 0.2) is 71.6 Å². The third-order valence-corrected chi connectivity index (χ3v) is 6.03. The first-order valence-corrected chi connectivity index (χ1v) is 10.8. The van der Waals surface area contributed by atoms with Gasteiger partial charge < -0.3 is 15.4 Å². The predicted molar refractivity (Wildman–Crippen MR) is 119 cm³/mol. The van der Waals surface area contributed by atoms with Crippen molar-refractivity contribution in [3.8, 4) is 5.75 Å². The second-order valence-corrected chi connectivity index (χ2v) is 8.53. The van der Waals surface area contributed by atoms with Crippen LogP contribution in [0.1, 0.15) is 0 Å². The topological polar surface area (TPSA) is 96.5 Å². The molecule has 0 radical (unpaired) electrons. The molecule has 0 aliphatic carbocycles. The number of carbonyl (C=O) groups excluding carboxylic acids is 1. The number of carbonyl (C=O) groups is 1. The Labute approximate surface area is 184 Å². The molecule has 156 valence electrons. The zero-order chi connectivity index (χ0) is 21.7. The Kier molecular flexibility index (Phi) is 6.71. The second kappa shape index (κ2) is 9.25. The maximum atomic E-state index is 12.9. The molecule has 10 heteroatoms. The highest BCUT2D eigenvalue weighted by atomic mass is 35.5. The van der Waals surface area contributed by atoms with Crippen molar-refractivity contribution >= 4 is 56.3 Å². The fourth-order valence-corrected chi connectivity index (χ4v) is 4.27. The lowest BCUT2D eigenvalue weighted by atomic mass is 10.3. The Hall–Kier alpha value is -2.94. The van der Waals surface area contributed by atoms with Gasteiger partial charge in [0, 0.05) is 16.4 Å². The molecule has 2 amide bonds. The van der Waals surface area contributed by atoms with Crippen LogP contribution in [0, 0.1) is 0 Å². The number of anilines is 3. The summed E-state index contributed by atoms with van der Waals surface area (Å²) < 4.78 is 33.3. The number of halogens is 2. The molecule has 0 saturated carbocycles. The highest BCUT2D eigenvalue weighted by Gasteiger charge is 2.21. The zero-order valence-electron chi connectivity index (χ0n) is 15.6. The number of hydrogen-bond donors (Lipinski definition) is 3. The fourth-order valence-electron chi connectivity index (χ4n) is 2.54. The van der Waals surface area contributed by atoms with Crippen molar-refractivity contribution in [3.05, 3.63) is 76.8 Å². The number of benzene rings is 3. The van der Waals surface area contributed by atoms with E-state index in [2.05, 4.69) is 15.4 Å². The predicted octanol–water partition coefficient (Wildman–Crippen LogP) is 5.45. The standard InChI is InChI=1S/C20H17Cl2N3O4S/c1-29-18-5-3-2-4-17(18)25-30(27,28)19-12-15(10-11-16(19)22)24-20(26)23-14-8-6-13(21)7-9-14/h2-12,25H,1H3,(H2,23,24,26). The molecule has 30 heavy (non-hydrogen) atoms. The molecular weight excluding hydrogens is 449 g/mol. The Morgan fingerprint density at radius 3 is 2.23 bits per heavy atom. The largest absolute Gasteiger partial charge is 0.495 e. The fraction of sp³-hybridized carbons (Fsp3) is 0.0500. The lowest BCUT2D eigenvalue weighted by Gasteiger charge is -2.14. The number of hydrogen-bond acceptors (Lipinski definition) is 4. The van der Waals surface area contributed by atoms with E-state index in [4.69, 9.17) is 27.9 Å². The molecule has 0 aromatic heterocycles. The number of amides is 2. The van der Waals surface area contributed by atoms with Crippen molar-refractivity contribution < 1.29 is 17.9 Å². The Morgan fingerprint density at radius 2 is 1.53 bits per heavy atom. The first-order valence-electron chi connectivity index (χ1n) is 8.57. The molecule has 7 nitrogen and oxygen atoms in total. The van der Waals surface area contributed by atoms with Gasteiger partial charge in [0.15, 0.2) is 0 Å². The minimum atomic E-state index is -4.05. The molecule has 0 spiro atoms. The maximum Gasteiger partial charge on any atom is 0.323 e. The second-order valence-electron chi connectivity index (χ2n) is 6.04. The number of ether oxygens (including phenoxy) is 1. The van der Waals surface area contributed by atoms with Crippen molar-refractivity contribution in [1.29, 1.82) is 0 Å². The summed E-state index contributed by atoms with van der Waals surface area (Å²) in [4.78, 5) is 12.0. The van der Waals surface area contributed by atoms with Gasteiger partial charge in [-0.25, -0.2) is 13.2 Å². The molecule has 0 bridgehead atoms. The summed E-state index contributed by atoms with van der Waals surface area (Å²) in [6.07, 6.45) is 0. The summed E-state index contributed by atoms with van der Waals surface area (Å²) in [6, 6.07) is 16.7. The van der Waals surface area contributed by atoms with Crippen molar-refractivity contribution in [2.24, 2.45) is 0 Å². The van der Waals surface area contributed by atoms with E-state index >= 15 is 0 Å². The van der Waals surface area contributed by atoms with Crippen molar-refractivity contribution in [1.82, 2.24) is 0 Å². The van der Waals surface area contributed by atoms with Crippen LogP contribution in [-0.2, 0) is 10.0 Å². The molecule has 0 aliphatic rings. The van der Waals surface area contributed by atoms with Crippen LogP contribution in [0.4, 0.5) is 21.9 Å². The first kappa shape index (κ1) is 21.8. The zero-order valence-corrected chi connectivity index (χ0v) is 18.0. The number of nitrogens with one attached hydrogen (secondary N) is 3. The van der Waals surface area contributed by atoms with Gasteiger partial charge in [-0.05, 0) is 54.6 Å². The van der Waals surface area contributed by atoms with Gasteiger partial charge in [-0.3, -0.25) is 4.72 Å². The number of para-hydroxylation sites is 2. The quantitative estimate of drug-likeness (QED) is 0.450. The highest BCUT2D eigenvalue weighted by Crippen LogP contribution is 2.30. The average molecular weight is 466 g/mol. The minimum Gasteiger partial charge on any atom is -0.495 e. The van der Waals surface area contributed by atoms with Gasteiger partial charge in [0.2, 0.25) is 0 Å². The Morgan fingerprint density at radius 1 is 0.900 bits per heavy atom. The van der Waals surface area contributed by atoms with Crippen molar-refractivity contribution in [2.75, 3.05) is 22.5 Å². The van der Waals surface area contributed by atoms with Gasteiger partial charge in [-0.1, -0.05) is 35.3 Å². The van der Waals surface area contributed by atoms with E-state index in [0.29, 0.717) is 16.5 Å². The van der Waals surface area contributed by atoms with Crippen LogP contribution < -0.4 is 20.1 Å². The van der Waals surface area contributed by atoms with Gasteiger partial charge >= 0.3 is 6.03 Å². The lowest BCUT2D eigenvalue weighted by Crippen LogP contribution is -2.20.